The summed E-state index contributed by atoms with van der Waals surface area (Å²) in [5.74, 6) is -0.343. The molecule has 1 unspecified atom stereocenters. The van der Waals surface area contributed by atoms with Gasteiger partial charge < -0.3 is 20.3 Å². The summed E-state index contributed by atoms with van der Waals surface area (Å²) in [5.41, 5.74) is 1.32. The number of carboxylic acid groups (broad SMARTS) is 1. The molecule has 0 fully saturated rings. The lowest BCUT2D eigenvalue weighted by Crippen LogP contribution is -2.43. The van der Waals surface area contributed by atoms with E-state index in [1.165, 1.54) is 0 Å². The highest BCUT2D eigenvalue weighted by atomic mass is 16.5. The normalized spacial score (nSPS) is 12.7. The van der Waals surface area contributed by atoms with E-state index in [1.54, 1.807) is 36.4 Å². The summed E-state index contributed by atoms with van der Waals surface area (Å²) in [6.45, 7) is 3.88. The molecule has 0 aromatic heterocycles. The number of rotatable bonds is 9. The monoisotopic (exact) mass is 368 g/mol. The number of anilines is 1. The van der Waals surface area contributed by atoms with Crippen LogP contribution in [-0.4, -0.2) is 29.4 Å². The molecule has 3 N–H and O–H groups in total. The van der Waals surface area contributed by atoms with Crippen LogP contribution in [0.25, 0.3) is 0 Å². The Labute approximate surface area is 159 Å². The van der Waals surface area contributed by atoms with Gasteiger partial charge in [0.05, 0.1) is 18.2 Å². The molecule has 6 nitrogen and oxygen atoms in total. The number of nitriles is 1. The lowest BCUT2D eigenvalue weighted by atomic mass is 9.85. The van der Waals surface area contributed by atoms with Crippen molar-refractivity contribution in [2.24, 2.45) is 0 Å². The van der Waals surface area contributed by atoms with Crippen LogP contribution < -0.4 is 10.1 Å². The summed E-state index contributed by atoms with van der Waals surface area (Å²) in [6, 6.07) is 14.1. The molecule has 0 amide bonds. The molecule has 0 saturated heterocycles. The Hall–Kier alpha value is -3.04. The Morgan fingerprint density at radius 1 is 1.22 bits per heavy atom. The van der Waals surface area contributed by atoms with Gasteiger partial charge in [-0.25, -0.2) is 4.79 Å². The van der Waals surface area contributed by atoms with Gasteiger partial charge in [0.15, 0.2) is 5.54 Å². The van der Waals surface area contributed by atoms with Gasteiger partial charge >= 0.3 is 5.97 Å². The third-order valence-electron chi connectivity index (χ3n) is 4.55. The Balaban J connectivity index is 2.45. The maximum absolute atomic E-state index is 12.3. The van der Waals surface area contributed by atoms with E-state index in [9.17, 15) is 9.90 Å². The number of carbonyl (C=O) groups is 1. The second-order valence-corrected chi connectivity index (χ2v) is 6.13. The van der Waals surface area contributed by atoms with E-state index in [4.69, 9.17) is 15.1 Å². The van der Waals surface area contributed by atoms with Gasteiger partial charge in [-0.15, -0.1) is 0 Å². The van der Waals surface area contributed by atoms with Crippen LogP contribution in [0.15, 0.2) is 42.5 Å². The maximum Gasteiger partial charge on any atom is 0.334 e. The number of ether oxygens (including phenoxy) is 1. The molecule has 0 saturated carbocycles. The number of aryl methyl sites for hydroxylation is 1. The molecule has 27 heavy (non-hydrogen) atoms. The zero-order valence-electron chi connectivity index (χ0n) is 15.5. The first-order valence-electron chi connectivity index (χ1n) is 8.89. The van der Waals surface area contributed by atoms with Crippen LogP contribution in [0.5, 0.6) is 5.75 Å². The van der Waals surface area contributed by atoms with E-state index in [1.807, 2.05) is 26.0 Å². The number of carboxylic acids is 1. The maximum atomic E-state index is 12.3. The lowest BCUT2D eigenvalue weighted by molar-refractivity contribution is -0.142. The Morgan fingerprint density at radius 3 is 2.44 bits per heavy atom. The number of aliphatic hydroxyl groups excluding tert-OH is 1. The van der Waals surface area contributed by atoms with Crippen molar-refractivity contribution in [3.8, 4) is 11.8 Å². The SMILES string of the molecule is CCc1cc(C(CC)(Nc2ccc(C#N)cc2)C(=O)O)ccc1OCCO. The predicted octanol–water partition coefficient (Wildman–Crippen LogP) is 3.29. The summed E-state index contributed by atoms with van der Waals surface area (Å²) >= 11 is 0. The summed E-state index contributed by atoms with van der Waals surface area (Å²) in [5, 5.41) is 31.0. The van der Waals surface area contributed by atoms with Crippen molar-refractivity contribution >= 4 is 11.7 Å². The summed E-state index contributed by atoms with van der Waals surface area (Å²) < 4.78 is 5.53. The molecule has 6 heteroatoms. The fourth-order valence-electron chi connectivity index (χ4n) is 2.98. The van der Waals surface area contributed by atoms with Crippen LogP contribution in [0.4, 0.5) is 5.69 Å². The van der Waals surface area contributed by atoms with E-state index < -0.39 is 11.5 Å². The molecule has 0 bridgehead atoms. The Bertz CT molecular complexity index is 827. The molecule has 0 aliphatic rings. The zero-order chi connectivity index (χ0) is 19.9. The van der Waals surface area contributed by atoms with Gasteiger partial charge in [0.2, 0.25) is 0 Å². The summed E-state index contributed by atoms with van der Waals surface area (Å²) in [6.07, 6.45) is 0.993. The van der Waals surface area contributed by atoms with Gasteiger partial charge in [-0.3, -0.25) is 0 Å². The van der Waals surface area contributed by atoms with Crippen LogP contribution in [-0.2, 0) is 16.8 Å². The molecule has 0 aliphatic carbocycles. The minimum Gasteiger partial charge on any atom is -0.491 e. The fourth-order valence-corrected chi connectivity index (χ4v) is 2.98. The first-order valence-corrected chi connectivity index (χ1v) is 8.89. The third kappa shape index (κ3) is 4.39. The van der Waals surface area contributed by atoms with Gasteiger partial charge in [0, 0.05) is 5.69 Å². The standard InChI is InChI=1S/C21H24N2O4/c1-3-16-13-17(7-10-19(16)27-12-11-24)21(4-2,20(25)26)23-18-8-5-15(14-22)6-9-18/h5-10,13,23-24H,3-4,11-12H2,1-2H3,(H,25,26). The van der Waals surface area contributed by atoms with E-state index in [2.05, 4.69) is 5.32 Å². The second-order valence-electron chi connectivity index (χ2n) is 6.13. The van der Waals surface area contributed by atoms with E-state index in [0.29, 0.717) is 35.4 Å². The van der Waals surface area contributed by atoms with Gasteiger partial charge in [-0.2, -0.15) is 5.26 Å². The Kier molecular flexibility index (Phi) is 6.80. The van der Waals surface area contributed by atoms with Gasteiger partial charge in [-0.05, 0) is 60.4 Å². The van der Waals surface area contributed by atoms with Gasteiger partial charge in [0.25, 0.3) is 0 Å². The van der Waals surface area contributed by atoms with Crippen LogP contribution in [0.2, 0.25) is 0 Å². The highest BCUT2D eigenvalue weighted by Gasteiger charge is 2.39. The number of aliphatic carboxylic acids is 1. The molecular weight excluding hydrogens is 344 g/mol. The second kappa shape index (κ2) is 9.06. The molecule has 2 aromatic rings. The third-order valence-corrected chi connectivity index (χ3v) is 4.55. The van der Waals surface area contributed by atoms with Crippen molar-refractivity contribution < 1.29 is 19.7 Å². The number of hydrogen-bond acceptors (Lipinski definition) is 5. The van der Waals surface area contributed by atoms with Crippen molar-refractivity contribution in [1.29, 1.82) is 5.26 Å². The molecule has 0 radical (unpaired) electrons. The number of benzene rings is 2. The average Bonchev–Trinajstić information content (AvgIpc) is 2.70. The van der Waals surface area contributed by atoms with Crippen molar-refractivity contribution in [2.75, 3.05) is 18.5 Å². The molecule has 2 aromatic carbocycles. The molecule has 0 aliphatic heterocycles. The van der Waals surface area contributed by atoms with E-state index in [-0.39, 0.29) is 13.2 Å². The molecule has 0 spiro atoms. The van der Waals surface area contributed by atoms with Crippen molar-refractivity contribution in [1.82, 2.24) is 0 Å². The van der Waals surface area contributed by atoms with E-state index in [0.717, 1.165) is 5.56 Å². The van der Waals surface area contributed by atoms with Crippen LogP contribution in [0.3, 0.4) is 0 Å². The van der Waals surface area contributed by atoms with Crippen LogP contribution in [0.1, 0.15) is 37.0 Å². The molecule has 1 atom stereocenters. The average molecular weight is 368 g/mol. The smallest absolute Gasteiger partial charge is 0.334 e. The molecular formula is C21H24N2O4. The lowest BCUT2D eigenvalue weighted by Gasteiger charge is -2.32. The van der Waals surface area contributed by atoms with Gasteiger partial charge in [-0.1, -0.05) is 19.9 Å². The number of nitrogens with zero attached hydrogens (tertiary/aromatic N) is 1. The number of nitrogens with one attached hydrogen (secondary N) is 1. The predicted molar refractivity (Wildman–Crippen MR) is 103 cm³/mol. The first-order chi connectivity index (χ1) is 13.0. The summed E-state index contributed by atoms with van der Waals surface area (Å²) in [4.78, 5) is 12.3. The topological polar surface area (TPSA) is 103 Å². The van der Waals surface area contributed by atoms with Crippen LogP contribution in [0, 0.1) is 11.3 Å². The van der Waals surface area contributed by atoms with Crippen molar-refractivity contribution in [3.63, 3.8) is 0 Å². The largest absolute Gasteiger partial charge is 0.491 e. The minimum atomic E-state index is -1.31. The number of hydrogen-bond donors (Lipinski definition) is 3. The molecule has 2 rings (SSSR count). The zero-order valence-corrected chi connectivity index (χ0v) is 15.5. The fraction of sp³-hybridized carbons (Fsp3) is 0.333. The van der Waals surface area contributed by atoms with Crippen LogP contribution >= 0.6 is 0 Å². The molecule has 0 heterocycles. The van der Waals surface area contributed by atoms with E-state index >= 15 is 0 Å². The molecule has 142 valence electrons. The van der Waals surface area contributed by atoms with Gasteiger partial charge in [0.1, 0.15) is 12.4 Å². The summed E-state index contributed by atoms with van der Waals surface area (Å²) in [7, 11) is 0. The van der Waals surface area contributed by atoms with Crippen molar-refractivity contribution in [3.05, 3.63) is 59.2 Å². The highest BCUT2D eigenvalue weighted by Crippen LogP contribution is 2.33. The Morgan fingerprint density at radius 2 is 1.93 bits per heavy atom. The quantitative estimate of drug-likeness (QED) is 0.628. The number of aliphatic hydroxyl groups is 1. The highest BCUT2D eigenvalue weighted by molar-refractivity contribution is 5.85. The minimum absolute atomic E-state index is 0.0841. The first kappa shape index (κ1) is 20.3. The van der Waals surface area contributed by atoms with Crippen molar-refractivity contribution in [2.45, 2.75) is 32.2 Å².